The SMILES string of the molecule is CCOCCOC(=O)C(C)(C#N)C/C=C1\CCCN1C. The van der Waals surface area contributed by atoms with Crippen molar-refractivity contribution in [3.8, 4) is 6.07 Å². The summed E-state index contributed by atoms with van der Waals surface area (Å²) in [7, 11) is 2.03. The van der Waals surface area contributed by atoms with E-state index in [1.165, 1.54) is 5.70 Å². The van der Waals surface area contributed by atoms with E-state index in [1.54, 1.807) is 6.92 Å². The van der Waals surface area contributed by atoms with E-state index in [4.69, 9.17) is 9.47 Å². The van der Waals surface area contributed by atoms with Crippen molar-refractivity contribution in [1.82, 2.24) is 4.90 Å². The van der Waals surface area contributed by atoms with Crippen LogP contribution in [0.2, 0.25) is 0 Å². The van der Waals surface area contributed by atoms with Crippen molar-refractivity contribution in [2.75, 3.05) is 33.4 Å². The predicted molar refractivity (Wildman–Crippen MR) is 75.7 cm³/mol. The van der Waals surface area contributed by atoms with E-state index >= 15 is 0 Å². The standard InChI is InChI=1S/C15H24N2O3/c1-4-19-10-11-20-14(18)15(2,12-16)8-7-13-6-5-9-17(13)3/h7H,4-6,8-11H2,1-3H3/b13-7+. The van der Waals surface area contributed by atoms with Gasteiger partial charge in [-0.1, -0.05) is 6.08 Å². The van der Waals surface area contributed by atoms with Crippen LogP contribution in [-0.2, 0) is 14.3 Å². The van der Waals surface area contributed by atoms with Gasteiger partial charge in [0.05, 0.1) is 12.7 Å². The molecule has 1 aliphatic rings. The van der Waals surface area contributed by atoms with Gasteiger partial charge in [-0.25, -0.2) is 0 Å². The highest BCUT2D eigenvalue weighted by Gasteiger charge is 2.34. The summed E-state index contributed by atoms with van der Waals surface area (Å²) in [5.41, 5.74) is 0.0800. The van der Waals surface area contributed by atoms with E-state index in [1.807, 2.05) is 20.0 Å². The van der Waals surface area contributed by atoms with Crippen molar-refractivity contribution in [2.45, 2.75) is 33.1 Å². The molecule has 0 spiro atoms. The van der Waals surface area contributed by atoms with E-state index in [0.29, 0.717) is 19.6 Å². The Labute approximate surface area is 121 Å². The zero-order chi connectivity index (χ0) is 15.0. The number of nitriles is 1. The van der Waals surface area contributed by atoms with Gasteiger partial charge >= 0.3 is 5.97 Å². The third-order valence-electron chi connectivity index (χ3n) is 3.52. The Balaban J connectivity index is 2.53. The Kier molecular flexibility index (Phi) is 6.53. The van der Waals surface area contributed by atoms with Crippen molar-refractivity contribution < 1.29 is 14.3 Å². The molecular weight excluding hydrogens is 256 g/mol. The largest absolute Gasteiger partial charge is 0.462 e. The third kappa shape index (κ3) is 4.53. The molecule has 20 heavy (non-hydrogen) atoms. The van der Waals surface area contributed by atoms with Gasteiger partial charge in [0, 0.05) is 25.9 Å². The summed E-state index contributed by atoms with van der Waals surface area (Å²) in [5.74, 6) is -0.475. The van der Waals surface area contributed by atoms with E-state index in [-0.39, 0.29) is 6.61 Å². The van der Waals surface area contributed by atoms with Crippen LogP contribution in [0.1, 0.15) is 33.1 Å². The second-order valence-electron chi connectivity index (χ2n) is 5.20. The monoisotopic (exact) mass is 280 g/mol. The van der Waals surface area contributed by atoms with Gasteiger partial charge in [-0.2, -0.15) is 5.26 Å². The van der Waals surface area contributed by atoms with Crippen LogP contribution in [0, 0.1) is 16.7 Å². The van der Waals surface area contributed by atoms with E-state index < -0.39 is 11.4 Å². The first-order valence-electron chi connectivity index (χ1n) is 7.10. The van der Waals surface area contributed by atoms with Crippen LogP contribution in [0.15, 0.2) is 11.8 Å². The molecule has 0 aromatic heterocycles. The Bertz CT molecular complexity index is 400. The van der Waals surface area contributed by atoms with Gasteiger partial charge in [0.25, 0.3) is 0 Å². The van der Waals surface area contributed by atoms with Crippen LogP contribution in [-0.4, -0.2) is 44.3 Å². The maximum absolute atomic E-state index is 12.0. The Hall–Kier alpha value is -1.54. The number of carbonyl (C=O) groups excluding carboxylic acids is 1. The maximum Gasteiger partial charge on any atom is 0.326 e. The second-order valence-corrected chi connectivity index (χ2v) is 5.20. The maximum atomic E-state index is 12.0. The molecule has 112 valence electrons. The predicted octanol–water partition coefficient (Wildman–Crippen LogP) is 2.10. The van der Waals surface area contributed by atoms with Crippen molar-refractivity contribution in [3.63, 3.8) is 0 Å². The fraction of sp³-hybridized carbons (Fsp3) is 0.733. The molecule has 0 aromatic rings. The molecule has 1 unspecified atom stereocenters. The van der Waals surface area contributed by atoms with Gasteiger partial charge in [-0.3, -0.25) is 4.79 Å². The highest BCUT2D eigenvalue weighted by atomic mass is 16.6. The molecule has 0 radical (unpaired) electrons. The number of nitrogens with zero attached hydrogens (tertiary/aromatic N) is 2. The molecule has 1 rings (SSSR count). The first-order valence-corrected chi connectivity index (χ1v) is 7.10. The smallest absolute Gasteiger partial charge is 0.326 e. The zero-order valence-corrected chi connectivity index (χ0v) is 12.6. The molecule has 0 bridgehead atoms. The first-order chi connectivity index (χ1) is 9.53. The Morgan fingerprint density at radius 2 is 2.30 bits per heavy atom. The normalized spacial score (nSPS) is 19.7. The summed E-state index contributed by atoms with van der Waals surface area (Å²) in [6, 6.07) is 2.08. The minimum atomic E-state index is -1.12. The van der Waals surface area contributed by atoms with Gasteiger partial charge < -0.3 is 14.4 Å². The molecule has 0 N–H and O–H groups in total. The van der Waals surface area contributed by atoms with Gasteiger partial charge in [-0.05, 0) is 33.1 Å². The molecule has 1 atom stereocenters. The zero-order valence-electron chi connectivity index (χ0n) is 12.6. The average Bonchev–Trinajstić information content (AvgIpc) is 2.86. The van der Waals surface area contributed by atoms with Crippen LogP contribution in [0.25, 0.3) is 0 Å². The molecule has 1 fully saturated rings. The van der Waals surface area contributed by atoms with Crippen molar-refractivity contribution in [3.05, 3.63) is 11.8 Å². The average molecular weight is 280 g/mol. The molecule has 0 saturated carbocycles. The van der Waals surface area contributed by atoms with Crippen LogP contribution < -0.4 is 0 Å². The lowest BCUT2D eigenvalue weighted by Crippen LogP contribution is -2.29. The van der Waals surface area contributed by atoms with Crippen LogP contribution >= 0.6 is 0 Å². The molecule has 0 aliphatic carbocycles. The highest BCUT2D eigenvalue weighted by molar-refractivity contribution is 5.79. The fourth-order valence-corrected chi connectivity index (χ4v) is 2.08. The summed E-state index contributed by atoms with van der Waals surface area (Å²) >= 11 is 0. The molecule has 5 heteroatoms. The number of esters is 1. The lowest BCUT2D eigenvalue weighted by molar-refractivity contribution is -0.153. The lowest BCUT2D eigenvalue weighted by Gasteiger charge is -2.19. The van der Waals surface area contributed by atoms with Gasteiger partial charge in [-0.15, -0.1) is 0 Å². The van der Waals surface area contributed by atoms with Gasteiger partial charge in [0.15, 0.2) is 5.41 Å². The van der Waals surface area contributed by atoms with Crippen molar-refractivity contribution in [2.24, 2.45) is 5.41 Å². The molecule has 5 nitrogen and oxygen atoms in total. The number of hydrogen-bond donors (Lipinski definition) is 0. The molecule has 0 amide bonds. The second kappa shape index (κ2) is 7.91. The number of likely N-dealkylation sites (tertiary alicyclic amines) is 1. The minimum absolute atomic E-state index is 0.195. The number of allylic oxidation sites excluding steroid dienone is 2. The van der Waals surface area contributed by atoms with E-state index in [9.17, 15) is 10.1 Å². The topological polar surface area (TPSA) is 62.6 Å². The number of hydrogen-bond acceptors (Lipinski definition) is 5. The van der Waals surface area contributed by atoms with Crippen molar-refractivity contribution in [1.29, 1.82) is 5.26 Å². The minimum Gasteiger partial charge on any atom is -0.462 e. The quantitative estimate of drug-likeness (QED) is 0.528. The fourth-order valence-electron chi connectivity index (χ4n) is 2.08. The van der Waals surface area contributed by atoms with Crippen LogP contribution in [0.5, 0.6) is 0 Å². The summed E-state index contributed by atoms with van der Waals surface area (Å²) in [5, 5.41) is 9.27. The summed E-state index contributed by atoms with van der Waals surface area (Å²) in [6.45, 7) is 5.70. The third-order valence-corrected chi connectivity index (χ3v) is 3.52. The molecule has 1 aliphatic heterocycles. The Morgan fingerprint density at radius 1 is 1.55 bits per heavy atom. The van der Waals surface area contributed by atoms with Crippen molar-refractivity contribution >= 4 is 5.97 Å². The summed E-state index contributed by atoms with van der Waals surface area (Å²) in [6.07, 6.45) is 4.51. The highest BCUT2D eigenvalue weighted by Crippen LogP contribution is 2.27. The lowest BCUT2D eigenvalue weighted by atomic mass is 9.88. The van der Waals surface area contributed by atoms with Crippen LogP contribution in [0.4, 0.5) is 0 Å². The summed E-state index contributed by atoms with van der Waals surface area (Å²) < 4.78 is 10.2. The summed E-state index contributed by atoms with van der Waals surface area (Å²) in [4.78, 5) is 14.2. The van der Waals surface area contributed by atoms with Gasteiger partial charge in [0.1, 0.15) is 6.61 Å². The molecular formula is C15H24N2O3. The molecule has 1 saturated heterocycles. The Morgan fingerprint density at radius 3 is 2.85 bits per heavy atom. The number of carbonyl (C=O) groups is 1. The number of ether oxygens (including phenoxy) is 2. The van der Waals surface area contributed by atoms with E-state index in [2.05, 4.69) is 11.0 Å². The van der Waals surface area contributed by atoms with E-state index in [0.717, 1.165) is 19.4 Å². The number of rotatable bonds is 7. The molecule has 1 heterocycles. The van der Waals surface area contributed by atoms with Crippen LogP contribution in [0.3, 0.4) is 0 Å². The van der Waals surface area contributed by atoms with Gasteiger partial charge in [0.2, 0.25) is 0 Å². The first kappa shape index (κ1) is 16.5. The molecule has 0 aromatic carbocycles.